The summed E-state index contributed by atoms with van der Waals surface area (Å²) in [5.74, 6) is 0.305. The third-order valence-electron chi connectivity index (χ3n) is 13.9. The number of hydrogen-bond donors (Lipinski definition) is 2. The van der Waals surface area contributed by atoms with Gasteiger partial charge < -0.3 is 24.6 Å². The molecule has 4 aromatic rings. The maximum Gasteiger partial charge on any atom is 0.278 e. The van der Waals surface area contributed by atoms with Crippen molar-refractivity contribution in [2.75, 3.05) is 57.3 Å². The molecule has 4 heterocycles. The molecule has 0 bridgehead atoms. The van der Waals surface area contributed by atoms with Crippen LogP contribution in [0.1, 0.15) is 88.2 Å². The van der Waals surface area contributed by atoms with Crippen molar-refractivity contribution in [1.29, 1.82) is 5.26 Å². The number of nitrogens with one attached hydrogen (secondary N) is 2. The number of nitriles is 1. The number of imide groups is 1. The number of hydrogen-bond acceptors (Lipinski definition) is 12. The van der Waals surface area contributed by atoms with Crippen LogP contribution in [0.25, 0.3) is 10.9 Å². The highest BCUT2D eigenvalue weighted by Gasteiger charge is 2.64. The average Bonchev–Trinajstić information content (AvgIpc) is 3.30. The zero-order valence-corrected chi connectivity index (χ0v) is 38.1. The Labute approximate surface area is 383 Å². The summed E-state index contributed by atoms with van der Waals surface area (Å²) >= 11 is 6.26. The molecule has 2 N–H and O–H groups in total. The van der Waals surface area contributed by atoms with Gasteiger partial charge in [-0.2, -0.15) is 9.94 Å². The molecule has 4 aliphatic rings. The summed E-state index contributed by atoms with van der Waals surface area (Å²) in [6, 6.07) is 18.7. The summed E-state index contributed by atoms with van der Waals surface area (Å²) in [6.07, 6.45) is 4.20. The number of carbonyl (C=O) groups excluding carboxylic acids is 4. The Morgan fingerprint density at radius 2 is 1.62 bits per heavy atom. The smallest absolute Gasteiger partial charge is 0.278 e. The summed E-state index contributed by atoms with van der Waals surface area (Å²) < 4.78 is 13.2. The number of benzene rings is 3. The highest BCUT2D eigenvalue weighted by Crippen LogP contribution is 2.55. The van der Waals surface area contributed by atoms with Crippen molar-refractivity contribution < 1.29 is 28.7 Å². The van der Waals surface area contributed by atoms with E-state index in [1.807, 2.05) is 29.2 Å². The molecule has 4 fully saturated rings. The molecule has 0 spiro atoms. The van der Waals surface area contributed by atoms with Crippen LogP contribution in [0.2, 0.25) is 5.02 Å². The van der Waals surface area contributed by atoms with Crippen molar-refractivity contribution in [1.82, 2.24) is 35.4 Å². The minimum Gasteiger partial charge on any atom is -0.489 e. The number of likely N-dealkylation sites (tertiary alicyclic amines) is 1. The lowest BCUT2D eigenvalue weighted by Crippen LogP contribution is -2.74. The van der Waals surface area contributed by atoms with Gasteiger partial charge in [0.15, 0.2) is 6.61 Å². The van der Waals surface area contributed by atoms with Gasteiger partial charge in [-0.3, -0.25) is 34.2 Å². The quantitative estimate of drug-likeness (QED) is 0.169. The van der Waals surface area contributed by atoms with Gasteiger partial charge in [0.1, 0.15) is 35.2 Å². The molecule has 342 valence electrons. The minimum atomic E-state index is -0.926. The summed E-state index contributed by atoms with van der Waals surface area (Å²) in [6.45, 7) is 14.4. The standard InChI is InChI=1S/C48H56ClN9O7/c1-47(2)45(48(3,4)46(47)65-35-12-9-32(28-50)37(49)27-35)52-42(61)31-7-10-33(11-8-31)56-24-22-55(23-25-56)19-5-6-30-17-20-57(21-18-30)41(60)29-64-34-13-14-38-36(26-34)44(63)58(54-53-38)39-15-16-40(59)51-43(39)62/h7-14,26-27,30,39,45-46H,5-6,15-25,29H2,1-4H3,(H,52,61)(H,51,59,62)/t39?,45-,46-. The van der Waals surface area contributed by atoms with E-state index in [-0.39, 0.29) is 65.5 Å². The van der Waals surface area contributed by atoms with Crippen molar-refractivity contribution in [3.05, 3.63) is 87.2 Å². The molecule has 1 unspecified atom stereocenters. The molecule has 0 radical (unpaired) electrons. The van der Waals surface area contributed by atoms with Gasteiger partial charge >= 0.3 is 0 Å². The van der Waals surface area contributed by atoms with Crippen LogP contribution < -0.4 is 30.6 Å². The molecule has 4 amide bonds. The number of rotatable bonds is 13. The maximum absolute atomic E-state index is 13.5. The lowest BCUT2D eigenvalue weighted by Gasteiger charge is -2.63. The number of fused-ring (bicyclic) bond motifs is 1. The van der Waals surface area contributed by atoms with Crippen LogP contribution in [0.3, 0.4) is 0 Å². The van der Waals surface area contributed by atoms with Crippen molar-refractivity contribution in [3.8, 4) is 17.6 Å². The van der Waals surface area contributed by atoms with E-state index in [1.165, 1.54) is 6.07 Å². The van der Waals surface area contributed by atoms with E-state index in [1.54, 1.807) is 30.3 Å². The zero-order chi connectivity index (χ0) is 46.0. The van der Waals surface area contributed by atoms with Gasteiger partial charge in [-0.1, -0.05) is 44.5 Å². The van der Waals surface area contributed by atoms with Crippen LogP contribution >= 0.6 is 11.6 Å². The number of carbonyl (C=O) groups is 4. The van der Waals surface area contributed by atoms with Crippen LogP contribution in [0, 0.1) is 28.1 Å². The lowest BCUT2D eigenvalue weighted by molar-refractivity contribution is -0.164. The molecule has 3 saturated heterocycles. The fourth-order valence-corrected chi connectivity index (χ4v) is 10.6. The number of halogens is 1. The van der Waals surface area contributed by atoms with E-state index in [0.29, 0.717) is 52.2 Å². The maximum atomic E-state index is 13.5. The molecule has 3 aromatic carbocycles. The first-order chi connectivity index (χ1) is 31.1. The molecule has 65 heavy (non-hydrogen) atoms. The second-order valence-electron chi connectivity index (χ2n) is 18.9. The number of aromatic nitrogens is 3. The van der Waals surface area contributed by atoms with Crippen molar-refractivity contribution >= 4 is 51.8 Å². The number of piperidine rings is 2. The van der Waals surface area contributed by atoms with Gasteiger partial charge in [0, 0.05) is 79.9 Å². The van der Waals surface area contributed by atoms with Crippen LogP contribution in [-0.4, -0.2) is 113 Å². The van der Waals surface area contributed by atoms with E-state index in [2.05, 4.69) is 64.5 Å². The van der Waals surface area contributed by atoms with Gasteiger partial charge in [0.2, 0.25) is 5.91 Å². The van der Waals surface area contributed by atoms with E-state index in [9.17, 15) is 29.2 Å². The molecule has 1 aliphatic carbocycles. The number of nitrogens with zero attached hydrogens (tertiary/aromatic N) is 7. The Morgan fingerprint density at radius 3 is 2.29 bits per heavy atom. The largest absolute Gasteiger partial charge is 0.489 e. The number of amides is 4. The first-order valence-corrected chi connectivity index (χ1v) is 22.9. The Morgan fingerprint density at radius 1 is 0.908 bits per heavy atom. The van der Waals surface area contributed by atoms with Gasteiger partial charge in [0.25, 0.3) is 23.3 Å². The van der Waals surface area contributed by atoms with E-state index in [0.717, 1.165) is 68.8 Å². The Hall–Kier alpha value is -6.05. The van der Waals surface area contributed by atoms with Crippen LogP contribution in [0.15, 0.2) is 65.5 Å². The van der Waals surface area contributed by atoms with Crippen molar-refractivity contribution in [2.45, 2.75) is 84.4 Å². The van der Waals surface area contributed by atoms with E-state index < -0.39 is 17.5 Å². The summed E-state index contributed by atoms with van der Waals surface area (Å²) in [4.78, 5) is 70.5. The van der Waals surface area contributed by atoms with Crippen LogP contribution in [-0.2, 0) is 14.4 Å². The normalized spacial score (nSPS) is 22.1. The zero-order valence-electron chi connectivity index (χ0n) is 37.3. The number of piperazine rings is 1. The molecule has 16 nitrogen and oxygen atoms in total. The Bertz CT molecular complexity index is 2540. The predicted octanol–water partition coefficient (Wildman–Crippen LogP) is 5.13. The second-order valence-corrected chi connectivity index (χ2v) is 19.3. The molecule has 17 heteroatoms. The second kappa shape index (κ2) is 18.8. The first kappa shape index (κ1) is 45.5. The third-order valence-corrected chi connectivity index (χ3v) is 14.2. The number of anilines is 1. The molecule has 1 aromatic heterocycles. The Balaban J connectivity index is 0.728. The SMILES string of the molecule is CC1(C)[C@H](NC(=O)c2ccc(N3CCN(CCCC4CCN(C(=O)COc5ccc6nnn(C7CCC(=O)NC7=O)c(=O)c6c5)CC4)CC3)cc2)C(C)(C)[C@H]1Oc1ccc(C#N)c(Cl)c1. The van der Waals surface area contributed by atoms with Gasteiger partial charge in [-0.05, 0) is 99.2 Å². The van der Waals surface area contributed by atoms with Gasteiger partial charge in [-0.25, -0.2) is 0 Å². The van der Waals surface area contributed by atoms with Crippen LogP contribution in [0.4, 0.5) is 5.69 Å². The Kier molecular flexibility index (Phi) is 13.2. The van der Waals surface area contributed by atoms with Crippen molar-refractivity contribution in [2.24, 2.45) is 16.7 Å². The fraction of sp³-hybridized carbons (Fsp3) is 0.500. The molecular formula is C48H56ClN9O7. The molecule has 3 aliphatic heterocycles. The molecular weight excluding hydrogens is 850 g/mol. The highest BCUT2D eigenvalue weighted by atomic mass is 35.5. The lowest BCUT2D eigenvalue weighted by atomic mass is 9.49. The highest BCUT2D eigenvalue weighted by molar-refractivity contribution is 6.31. The van der Waals surface area contributed by atoms with Crippen molar-refractivity contribution in [3.63, 3.8) is 0 Å². The summed E-state index contributed by atoms with van der Waals surface area (Å²) in [5, 5.41) is 23.3. The molecule has 1 saturated carbocycles. The molecule has 1 atom stereocenters. The third kappa shape index (κ3) is 9.67. The monoisotopic (exact) mass is 905 g/mol. The molecule has 8 rings (SSSR count). The first-order valence-electron chi connectivity index (χ1n) is 22.5. The minimum absolute atomic E-state index is 0.105. The fourth-order valence-electron chi connectivity index (χ4n) is 10.4. The van der Waals surface area contributed by atoms with E-state index in [4.69, 9.17) is 21.1 Å². The number of ether oxygens (including phenoxy) is 2. The summed E-state index contributed by atoms with van der Waals surface area (Å²) in [5.41, 5.74) is 1.23. The topological polar surface area (TPSA) is 192 Å². The van der Waals surface area contributed by atoms with Gasteiger partial charge in [-0.15, -0.1) is 5.10 Å². The average molecular weight is 906 g/mol. The van der Waals surface area contributed by atoms with Gasteiger partial charge in [0.05, 0.1) is 16.0 Å². The van der Waals surface area contributed by atoms with E-state index >= 15 is 0 Å². The van der Waals surface area contributed by atoms with Crippen LogP contribution in [0.5, 0.6) is 11.5 Å². The summed E-state index contributed by atoms with van der Waals surface area (Å²) in [7, 11) is 0. The predicted molar refractivity (Wildman–Crippen MR) is 244 cm³/mol.